The quantitative estimate of drug-likeness (QED) is 0.801. The number of thiocarbonyl (C=S) groups is 1. The Hall–Kier alpha value is -1.95. The van der Waals surface area contributed by atoms with Crippen LogP contribution >= 0.6 is 12.2 Å². The molecule has 0 aliphatic carbocycles. The number of aryl methyl sites for hydroxylation is 1. The summed E-state index contributed by atoms with van der Waals surface area (Å²) in [5.74, 6) is 1.50. The van der Waals surface area contributed by atoms with Crippen LogP contribution in [-0.4, -0.2) is 15.0 Å². The van der Waals surface area contributed by atoms with Gasteiger partial charge in [0.2, 0.25) is 5.89 Å². The molecule has 18 heavy (non-hydrogen) atoms. The average molecular weight is 262 g/mol. The fraction of sp³-hybridized carbons (Fsp3) is 0.250. The maximum atomic E-state index is 5.63. The smallest absolute Gasteiger partial charge is 0.213 e. The number of aromatic nitrogens is 2. The lowest BCUT2D eigenvalue weighted by atomic mass is 10.2. The Balaban J connectivity index is 2.08. The SMILES string of the molecule is CCc1cnc(CNc2cnccc2C(N)=S)o1. The number of hydrogen-bond donors (Lipinski definition) is 2. The van der Waals surface area contributed by atoms with E-state index < -0.39 is 0 Å². The van der Waals surface area contributed by atoms with Crippen LogP contribution in [0.4, 0.5) is 5.69 Å². The molecule has 2 heterocycles. The van der Waals surface area contributed by atoms with E-state index in [0.717, 1.165) is 23.4 Å². The molecule has 3 N–H and O–H groups in total. The van der Waals surface area contributed by atoms with E-state index in [1.807, 2.05) is 6.92 Å². The largest absolute Gasteiger partial charge is 0.444 e. The van der Waals surface area contributed by atoms with Crippen molar-refractivity contribution < 1.29 is 4.42 Å². The third-order valence-corrected chi connectivity index (χ3v) is 2.69. The van der Waals surface area contributed by atoms with E-state index in [-0.39, 0.29) is 0 Å². The molecule has 6 heteroatoms. The number of nitrogens with zero attached hydrogens (tertiary/aromatic N) is 2. The van der Waals surface area contributed by atoms with Crippen LogP contribution in [0.2, 0.25) is 0 Å². The lowest BCUT2D eigenvalue weighted by molar-refractivity contribution is 0.466. The Labute approximate surface area is 110 Å². The average Bonchev–Trinajstić information content (AvgIpc) is 2.84. The maximum absolute atomic E-state index is 5.63. The topological polar surface area (TPSA) is 77.0 Å². The standard InChI is InChI=1S/C12H14N4OS/c1-2-8-5-16-11(17-8)7-15-10-6-14-4-3-9(10)12(13)18/h3-6,15H,2,7H2,1H3,(H2,13,18). The van der Waals surface area contributed by atoms with Gasteiger partial charge in [0.05, 0.1) is 24.6 Å². The summed E-state index contributed by atoms with van der Waals surface area (Å²) in [6.07, 6.45) is 5.89. The molecule has 94 valence electrons. The summed E-state index contributed by atoms with van der Waals surface area (Å²) in [6, 6.07) is 1.78. The van der Waals surface area contributed by atoms with Crippen LogP contribution in [0.25, 0.3) is 0 Å². The van der Waals surface area contributed by atoms with E-state index in [1.165, 1.54) is 0 Å². The second-order valence-corrected chi connectivity index (χ2v) is 4.15. The van der Waals surface area contributed by atoms with Gasteiger partial charge in [0.1, 0.15) is 10.7 Å². The Kier molecular flexibility index (Phi) is 3.88. The van der Waals surface area contributed by atoms with E-state index in [2.05, 4.69) is 15.3 Å². The van der Waals surface area contributed by atoms with Gasteiger partial charge < -0.3 is 15.5 Å². The van der Waals surface area contributed by atoms with Gasteiger partial charge in [-0.2, -0.15) is 0 Å². The highest BCUT2D eigenvalue weighted by atomic mass is 32.1. The summed E-state index contributed by atoms with van der Waals surface area (Å²) in [4.78, 5) is 8.53. The summed E-state index contributed by atoms with van der Waals surface area (Å²) >= 11 is 4.97. The molecule has 2 aromatic rings. The number of anilines is 1. The summed E-state index contributed by atoms with van der Waals surface area (Å²) in [5, 5.41) is 3.16. The molecule has 0 fully saturated rings. The van der Waals surface area contributed by atoms with Gasteiger partial charge in [0.15, 0.2) is 0 Å². The Bertz CT molecular complexity index is 553. The van der Waals surface area contributed by atoms with Crippen LogP contribution in [0.3, 0.4) is 0 Å². The molecule has 5 nitrogen and oxygen atoms in total. The van der Waals surface area contributed by atoms with Crippen LogP contribution in [0.15, 0.2) is 29.1 Å². The van der Waals surface area contributed by atoms with Gasteiger partial charge in [-0.15, -0.1) is 0 Å². The molecule has 0 saturated carbocycles. The molecule has 0 bridgehead atoms. The summed E-state index contributed by atoms with van der Waals surface area (Å²) in [6.45, 7) is 2.49. The first-order valence-electron chi connectivity index (χ1n) is 5.62. The second-order valence-electron chi connectivity index (χ2n) is 3.71. The van der Waals surface area contributed by atoms with Crippen LogP contribution in [0.1, 0.15) is 24.1 Å². The van der Waals surface area contributed by atoms with Crippen molar-refractivity contribution in [2.45, 2.75) is 19.9 Å². The predicted molar refractivity (Wildman–Crippen MR) is 73.3 cm³/mol. The molecule has 0 aliphatic heterocycles. The molecule has 0 aromatic carbocycles. The predicted octanol–water partition coefficient (Wildman–Crippen LogP) is 1.88. The molecule has 0 aliphatic rings. The molecule has 0 spiro atoms. The summed E-state index contributed by atoms with van der Waals surface area (Å²) in [5.41, 5.74) is 7.18. The van der Waals surface area contributed by atoms with Gasteiger partial charge in [0.25, 0.3) is 0 Å². The third-order valence-electron chi connectivity index (χ3n) is 2.47. The Morgan fingerprint density at radius 2 is 2.33 bits per heavy atom. The molecule has 2 rings (SSSR count). The Morgan fingerprint density at radius 1 is 1.50 bits per heavy atom. The molecule has 2 aromatic heterocycles. The van der Waals surface area contributed by atoms with Crippen LogP contribution in [0, 0.1) is 0 Å². The van der Waals surface area contributed by atoms with Crippen LogP contribution in [-0.2, 0) is 13.0 Å². The third kappa shape index (κ3) is 2.84. The molecule has 0 radical (unpaired) electrons. The zero-order valence-electron chi connectivity index (χ0n) is 10.0. The van der Waals surface area contributed by atoms with E-state index in [0.29, 0.717) is 17.4 Å². The number of oxazole rings is 1. The first kappa shape index (κ1) is 12.5. The lowest BCUT2D eigenvalue weighted by Gasteiger charge is -2.08. The van der Waals surface area contributed by atoms with E-state index >= 15 is 0 Å². The molecule has 0 amide bonds. The monoisotopic (exact) mass is 262 g/mol. The summed E-state index contributed by atoms with van der Waals surface area (Å²) < 4.78 is 5.50. The number of nitrogens with two attached hydrogens (primary N) is 1. The normalized spacial score (nSPS) is 10.3. The highest BCUT2D eigenvalue weighted by Gasteiger charge is 2.06. The number of rotatable bonds is 5. The number of hydrogen-bond acceptors (Lipinski definition) is 5. The van der Waals surface area contributed by atoms with Gasteiger partial charge in [-0.25, -0.2) is 4.98 Å². The van der Waals surface area contributed by atoms with E-state index in [4.69, 9.17) is 22.4 Å². The zero-order valence-corrected chi connectivity index (χ0v) is 10.8. The number of pyridine rings is 1. The van der Waals surface area contributed by atoms with Crippen molar-refractivity contribution in [3.63, 3.8) is 0 Å². The minimum Gasteiger partial charge on any atom is -0.444 e. The highest BCUT2D eigenvalue weighted by Crippen LogP contribution is 2.14. The first-order valence-corrected chi connectivity index (χ1v) is 6.02. The molecule has 0 atom stereocenters. The van der Waals surface area contributed by atoms with Crippen molar-refractivity contribution in [1.29, 1.82) is 0 Å². The molecular formula is C12H14N4OS. The van der Waals surface area contributed by atoms with E-state index in [1.54, 1.807) is 24.7 Å². The van der Waals surface area contributed by atoms with Crippen molar-refractivity contribution in [3.05, 3.63) is 41.9 Å². The van der Waals surface area contributed by atoms with Gasteiger partial charge in [0, 0.05) is 18.2 Å². The summed E-state index contributed by atoms with van der Waals surface area (Å²) in [7, 11) is 0. The molecule has 0 saturated heterocycles. The zero-order chi connectivity index (χ0) is 13.0. The van der Waals surface area contributed by atoms with Crippen LogP contribution < -0.4 is 11.1 Å². The fourth-order valence-electron chi connectivity index (χ4n) is 1.51. The van der Waals surface area contributed by atoms with Gasteiger partial charge in [-0.1, -0.05) is 19.1 Å². The second kappa shape index (κ2) is 5.59. The minimum atomic E-state index is 0.335. The minimum absolute atomic E-state index is 0.335. The van der Waals surface area contributed by atoms with Crippen LogP contribution in [0.5, 0.6) is 0 Å². The van der Waals surface area contributed by atoms with E-state index in [9.17, 15) is 0 Å². The van der Waals surface area contributed by atoms with Crippen molar-refractivity contribution in [2.24, 2.45) is 5.73 Å². The van der Waals surface area contributed by atoms with Crippen molar-refractivity contribution in [2.75, 3.05) is 5.32 Å². The highest BCUT2D eigenvalue weighted by molar-refractivity contribution is 7.80. The van der Waals surface area contributed by atoms with Gasteiger partial charge >= 0.3 is 0 Å². The Morgan fingerprint density at radius 3 is 3.00 bits per heavy atom. The first-order chi connectivity index (χ1) is 8.70. The van der Waals surface area contributed by atoms with Gasteiger partial charge in [-0.05, 0) is 6.07 Å². The molecular weight excluding hydrogens is 248 g/mol. The fourth-order valence-corrected chi connectivity index (χ4v) is 1.69. The lowest BCUT2D eigenvalue weighted by Crippen LogP contribution is -2.13. The number of nitrogens with one attached hydrogen (secondary N) is 1. The van der Waals surface area contributed by atoms with Crippen molar-refractivity contribution in [3.8, 4) is 0 Å². The van der Waals surface area contributed by atoms with Crippen molar-refractivity contribution in [1.82, 2.24) is 9.97 Å². The van der Waals surface area contributed by atoms with Crippen molar-refractivity contribution >= 4 is 22.9 Å². The van der Waals surface area contributed by atoms with Gasteiger partial charge in [-0.3, -0.25) is 4.98 Å². The molecule has 0 unspecified atom stereocenters. The maximum Gasteiger partial charge on any atom is 0.213 e.